The number of pyridine rings is 1. The third kappa shape index (κ3) is 3.31. The van der Waals surface area contributed by atoms with Gasteiger partial charge in [0, 0.05) is 37.8 Å². The van der Waals surface area contributed by atoms with E-state index < -0.39 is 17.4 Å². The number of hydrogen-bond acceptors (Lipinski definition) is 5. The number of carbonyl (C=O) groups excluding carboxylic acids is 2. The lowest BCUT2D eigenvalue weighted by atomic mass is 10.0. The Labute approximate surface area is 170 Å². The maximum atomic E-state index is 12.1. The van der Waals surface area contributed by atoms with Crippen LogP contribution in [0.5, 0.6) is 0 Å². The van der Waals surface area contributed by atoms with Gasteiger partial charge in [0.25, 0.3) is 11.8 Å². The van der Waals surface area contributed by atoms with Gasteiger partial charge in [-0.3, -0.25) is 9.59 Å². The van der Waals surface area contributed by atoms with Gasteiger partial charge in [0.2, 0.25) is 5.60 Å². The van der Waals surface area contributed by atoms with E-state index >= 15 is 0 Å². The van der Waals surface area contributed by atoms with Crippen LogP contribution in [-0.4, -0.2) is 55.8 Å². The first-order valence-electron chi connectivity index (χ1n) is 8.74. The summed E-state index contributed by atoms with van der Waals surface area (Å²) in [4.78, 5) is 29.3. The number of hydrogen-bond donors (Lipinski definition) is 2. The first-order valence-corrected chi connectivity index (χ1v) is 9.12. The Morgan fingerprint density at radius 2 is 2.17 bits per heavy atom. The van der Waals surface area contributed by atoms with Crippen LogP contribution in [-0.2, 0) is 4.79 Å². The van der Waals surface area contributed by atoms with Gasteiger partial charge >= 0.3 is 0 Å². The van der Waals surface area contributed by atoms with Crippen LogP contribution in [0.1, 0.15) is 22.5 Å². The number of aromatic nitrogens is 3. The van der Waals surface area contributed by atoms with Crippen molar-refractivity contribution in [2.45, 2.75) is 12.0 Å². The van der Waals surface area contributed by atoms with Gasteiger partial charge < -0.3 is 15.7 Å². The van der Waals surface area contributed by atoms with E-state index in [4.69, 9.17) is 17.3 Å². The number of amides is 2. The number of likely N-dealkylation sites (N-methyl/N-ethyl adjacent to an activating group) is 1. The van der Waals surface area contributed by atoms with Crippen LogP contribution in [0, 0.1) is 11.8 Å². The lowest BCUT2D eigenvalue weighted by Crippen LogP contribution is -2.37. The molecule has 0 spiro atoms. The highest BCUT2D eigenvalue weighted by Crippen LogP contribution is 2.24. The highest BCUT2D eigenvalue weighted by atomic mass is 35.5. The van der Waals surface area contributed by atoms with Gasteiger partial charge in [-0.2, -0.15) is 5.10 Å². The number of fused-ring (bicyclic) bond motifs is 1. The average molecular weight is 410 g/mol. The summed E-state index contributed by atoms with van der Waals surface area (Å²) < 4.78 is 1.53. The lowest BCUT2D eigenvalue weighted by Gasteiger charge is -2.13. The molecule has 3 N–H and O–H groups in total. The van der Waals surface area contributed by atoms with Crippen molar-refractivity contribution in [3.8, 4) is 17.5 Å². The molecule has 1 saturated heterocycles. The molecule has 0 saturated carbocycles. The summed E-state index contributed by atoms with van der Waals surface area (Å²) in [5.74, 6) is 4.45. The Balaban J connectivity index is 1.78. The fourth-order valence-corrected chi connectivity index (χ4v) is 3.38. The highest BCUT2D eigenvalue weighted by molar-refractivity contribution is 6.30. The second-order valence-electron chi connectivity index (χ2n) is 6.79. The van der Waals surface area contributed by atoms with Crippen molar-refractivity contribution in [2.75, 3.05) is 13.6 Å². The molecule has 3 heterocycles. The van der Waals surface area contributed by atoms with E-state index in [1.807, 2.05) is 0 Å². The Hall–Kier alpha value is -3.41. The molecule has 3 aromatic rings. The minimum atomic E-state index is -1.68. The van der Waals surface area contributed by atoms with Crippen LogP contribution in [0.25, 0.3) is 16.6 Å². The second-order valence-corrected chi connectivity index (χ2v) is 7.17. The number of benzene rings is 1. The third-order valence-electron chi connectivity index (χ3n) is 4.78. The molecule has 9 heteroatoms. The van der Waals surface area contributed by atoms with Crippen molar-refractivity contribution in [1.29, 1.82) is 0 Å². The minimum Gasteiger partial charge on any atom is -0.369 e. The molecule has 2 amide bonds. The molecule has 29 heavy (non-hydrogen) atoms. The van der Waals surface area contributed by atoms with Gasteiger partial charge in [0.05, 0.1) is 16.6 Å². The van der Waals surface area contributed by atoms with Crippen LogP contribution in [0.3, 0.4) is 0 Å². The molecule has 2 aromatic heterocycles. The summed E-state index contributed by atoms with van der Waals surface area (Å²) in [6.45, 7) is 0.452. The van der Waals surface area contributed by atoms with Gasteiger partial charge in [-0.05, 0) is 18.2 Å². The first kappa shape index (κ1) is 18.9. The van der Waals surface area contributed by atoms with Crippen LogP contribution in [0.4, 0.5) is 0 Å². The molecule has 4 rings (SSSR count). The molecular weight excluding hydrogens is 394 g/mol. The first-order chi connectivity index (χ1) is 13.8. The Bertz CT molecular complexity index is 1230. The number of aliphatic hydroxyl groups is 1. The topological polar surface area (TPSA) is 114 Å². The van der Waals surface area contributed by atoms with Crippen molar-refractivity contribution < 1.29 is 14.7 Å². The molecule has 1 aromatic carbocycles. The average Bonchev–Trinajstić information content (AvgIpc) is 3.20. The molecule has 8 nitrogen and oxygen atoms in total. The van der Waals surface area contributed by atoms with E-state index in [1.165, 1.54) is 15.8 Å². The van der Waals surface area contributed by atoms with Crippen molar-refractivity contribution in [3.05, 3.63) is 52.9 Å². The number of nitrogens with zero attached hydrogens (tertiary/aromatic N) is 4. The van der Waals surface area contributed by atoms with Crippen LogP contribution < -0.4 is 5.73 Å². The normalized spacial score (nSPS) is 18.7. The lowest BCUT2D eigenvalue weighted by molar-refractivity contribution is -0.137. The fraction of sp³-hybridized carbons (Fsp3) is 0.200. The maximum absolute atomic E-state index is 12.1. The number of likely N-dealkylation sites (tertiary alicyclic amines) is 1. The predicted molar refractivity (Wildman–Crippen MR) is 106 cm³/mol. The SMILES string of the molecule is CN1CC[C@@](O)(C#Cc2cccc(-n3nc(C(N)=O)c4cnc(Cl)cc43)c2)C1=O. The minimum absolute atomic E-state index is 0.0783. The standard InChI is InChI=1S/C20H16ClN5O3/c1-25-8-7-20(29,19(25)28)6-5-12-3-2-4-13(9-12)26-15-10-16(21)23-11-14(15)17(24-26)18(22)27/h2-4,9-11,29H,7-8H2,1H3,(H2,22,27)/t20-/m0/s1. The zero-order valence-electron chi connectivity index (χ0n) is 15.4. The summed E-state index contributed by atoms with van der Waals surface area (Å²) in [5, 5.41) is 15.5. The molecule has 0 radical (unpaired) electrons. The predicted octanol–water partition coefficient (Wildman–Crippen LogP) is 1.12. The van der Waals surface area contributed by atoms with Crippen molar-refractivity contribution in [2.24, 2.45) is 5.73 Å². The van der Waals surface area contributed by atoms with Gasteiger partial charge in [-0.1, -0.05) is 29.5 Å². The second kappa shape index (κ2) is 6.88. The summed E-state index contributed by atoms with van der Waals surface area (Å²) in [5.41, 5.74) is 5.58. The zero-order chi connectivity index (χ0) is 20.8. The van der Waals surface area contributed by atoms with Crippen molar-refractivity contribution >= 4 is 34.3 Å². The molecule has 0 aliphatic carbocycles. The van der Waals surface area contributed by atoms with E-state index in [2.05, 4.69) is 21.9 Å². The monoisotopic (exact) mass is 409 g/mol. The van der Waals surface area contributed by atoms with E-state index in [0.717, 1.165) is 0 Å². The highest BCUT2D eigenvalue weighted by Gasteiger charge is 2.42. The number of carbonyl (C=O) groups is 2. The van der Waals surface area contributed by atoms with E-state index in [-0.39, 0.29) is 17.3 Å². The Kier molecular flexibility index (Phi) is 4.49. The molecule has 1 aliphatic rings. The van der Waals surface area contributed by atoms with E-state index in [9.17, 15) is 14.7 Å². The van der Waals surface area contributed by atoms with Crippen molar-refractivity contribution in [3.63, 3.8) is 0 Å². The molecular formula is C20H16ClN5O3. The number of nitrogens with two attached hydrogens (primary N) is 1. The largest absolute Gasteiger partial charge is 0.369 e. The fourth-order valence-electron chi connectivity index (χ4n) is 3.23. The van der Waals surface area contributed by atoms with Crippen molar-refractivity contribution in [1.82, 2.24) is 19.7 Å². The summed E-state index contributed by atoms with van der Waals surface area (Å²) in [6.07, 6.45) is 1.70. The molecule has 1 fully saturated rings. The smallest absolute Gasteiger partial charge is 0.269 e. The van der Waals surface area contributed by atoms with Gasteiger partial charge in [0.1, 0.15) is 5.15 Å². The van der Waals surface area contributed by atoms with Crippen LogP contribution >= 0.6 is 11.6 Å². The summed E-state index contributed by atoms with van der Waals surface area (Å²) in [7, 11) is 1.63. The van der Waals surface area contributed by atoms with Gasteiger partial charge in [-0.25, -0.2) is 9.67 Å². The number of rotatable bonds is 2. The maximum Gasteiger partial charge on any atom is 0.269 e. The summed E-state index contributed by atoms with van der Waals surface area (Å²) in [6, 6.07) is 8.60. The Morgan fingerprint density at radius 3 is 2.86 bits per heavy atom. The van der Waals surface area contributed by atoms with Crippen LogP contribution in [0.2, 0.25) is 5.15 Å². The summed E-state index contributed by atoms with van der Waals surface area (Å²) >= 11 is 6.01. The van der Waals surface area contributed by atoms with Crippen LogP contribution in [0.15, 0.2) is 36.5 Å². The molecule has 1 atom stereocenters. The third-order valence-corrected chi connectivity index (χ3v) is 4.99. The van der Waals surface area contributed by atoms with E-state index in [0.29, 0.717) is 28.7 Å². The van der Waals surface area contributed by atoms with Gasteiger partial charge in [-0.15, -0.1) is 0 Å². The molecule has 0 bridgehead atoms. The number of primary amides is 1. The zero-order valence-corrected chi connectivity index (χ0v) is 16.1. The van der Waals surface area contributed by atoms with Gasteiger partial charge in [0.15, 0.2) is 5.69 Å². The van der Waals surface area contributed by atoms with E-state index in [1.54, 1.807) is 37.4 Å². The molecule has 146 valence electrons. The number of halogens is 1. The molecule has 1 aliphatic heterocycles. The molecule has 0 unspecified atom stereocenters. The quantitative estimate of drug-likeness (QED) is 0.486. The Morgan fingerprint density at radius 1 is 1.38 bits per heavy atom.